The first kappa shape index (κ1) is 23.2. The molecular formula is C25H36Cl2N2O2. The fourth-order valence-corrected chi connectivity index (χ4v) is 7.35. The molecule has 1 amide bonds. The van der Waals surface area contributed by atoms with Crippen molar-refractivity contribution in [1.29, 1.82) is 0 Å². The van der Waals surface area contributed by atoms with Gasteiger partial charge in [0.25, 0.3) is 5.91 Å². The van der Waals surface area contributed by atoms with Crippen molar-refractivity contribution in [2.45, 2.75) is 57.8 Å². The normalized spacial score (nSPS) is 31.8. The Bertz CT molecular complexity index is 744. The van der Waals surface area contributed by atoms with Crippen LogP contribution in [0.4, 0.5) is 0 Å². The van der Waals surface area contributed by atoms with Crippen molar-refractivity contribution in [3.63, 3.8) is 0 Å². The van der Waals surface area contributed by atoms with Crippen molar-refractivity contribution in [2.75, 3.05) is 26.2 Å². The van der Waals surface area contributed by atoms with Crippen LogP contribution < -0.4 is 15.4 Å². The Labute approximate surface area is 197 Å². The van der Waals surface area contributed by atoms with Crippen LogP contribution in [-0.2, 0) is 0 Å². The third-order valence-electron chi connectivity index (χ3n) is 8.23. The minimum absolute atomic E-state index is 0. The van der Waals surface area contributed by atoms with Gasteiger partial charge in [-0.05, 0) is 118 Å². The van der Waals surface area contributed by atoms with Crippen LogP contribution in [0.25, 0.3) is 0 Å². The molecule has 5 aliphatic rings. The first-order valence-electron chi connectivity index (χ1n) is 12.0. The van der Waals surface area contributed by atoms with E-state index in [1.54, 1.807) is 6.07 Å². The quantitative estimate of drug-likeness (QED) is 0.559. The lowest BCUT2D eigenvalue weighted by Crippen LogP contribution is -2.51. The highest BCUT2D eigenvalue weighted by atomic mass is 35.5. The molecule has 1 saturated heterocycles. The molecular weight excluding hydrogens is 431 g/mol. The number of rotatable bonds is 7. The molecule has 4 nitrogen and oxygen atoms in total. The average Bonchev–Trinajstić information content (AvgIpc) is 2.73. The fraction of sp³-hybridized carbons (Fsp3) is 0.720. The highest BCUT2D eigenvalue weighted by molar-refractivity contribution is 6.33. The summed E-state index contributed by atoms with van der Waals surface area (Å²) in [7, 11) is 0. The Hall–Kier alpha value is -0.970. The minimum atomic E-state index is -0.0560. The molecule has 0 atom stereocenters. The van der Waals surface area contributed by atoms with Crippen molar-refractivity contribution in [1.82, 2.24) is 10.6 Å². The van der Waals surface area contributed by atoms with E-state index in [0.29, 0.717) is 22.6 Å². The third-order valence-corrected chi connectivity index (χ3v) is 8.55. The fourth-order valence-electron chi connectivity index (χ4n) is 7.15. The van der Waals surface area contributed by atoms with Gasteiger partial charge in [-0.25, -0.2) is 0 Å². The van der Waals surface area contributed by atoms with Gasteiger partial charge in [0.15, 0.2) is 0 Å². The summed E-state index contributed by atoms with van der Waals surface area (Å²) in [5.41, 5.74) is 0.876. The Balaban J connectivity index is 0.00000231. The molecule has 0 radical (unpaired) electrons. The maximum absolute atomic E-state index is 13.0. The molecule has 1 aliphatic heterocycles. The maximum Gasteiger partial charge on any atom is 0.252 e. The highest BCUT2D eigenvalue weighted by Crippen LogP contribution is 2.59. The van der Waals surface area contributed by atoms with E-state index in [1.807, 2.05) is 12.1 Å². The predicted molar refractivity (Wildman–Crippen MR) is 127 cm³/mol. The minimum Gasteiger partial charge on any atom is -0.494 e. The Morgan fingerprint density at radius 2 is 1.74 bits per heavy atom. The van der Waals surface area contributed by atoms with E-state index >= 15 is 0 Å². The topological polar surface area (TPSA) is 50.4 Å². The second-order valence-corrected chi connectivity index (χ2v) is 11.0. The molecule has 1 aromatic rings. The Morgan fingerprint density at radius 3 is 2.39 bits per heavy atom. The largest absolute Gasteiger partial charge is 0.494 e. The number of amides is 1. The van der Waals surface area contributed by atoms with E-state index in [9.17, 15) is 4.79 Å². The number of carbonyl (C=O) groups is 1. The van der Waals surface area contributed by atoms with E-state index in [4.69, 9.17) is 16.3 Å². The summed E-state index contributed by atoms with van der Waals surface area (Å²) >= 11 is 6.38. The van der Waals surface area contributed by atoms with Crippen molar-refractivity contribution in [3.05, 3.63) is 28.8 Å². The van der Waals surface area contributed by atoms with E-state index in [-0.39, 0.29) is 18.3 Å². The van der Waals surface area contributed by atoms with Gasteiger partial charge in [-0.15, -0.1) is 12.4 Å². The van der Waals surface area contributed by atoms with Gasteiger partial charge < -0.3 is 15.4 Å². The van der Waals surface area contributed by atoms with E-state index in [0.717, 1.165) is 55.5 Å². The molecule has 0 unspecified atom stereocenters. The van der Waals surface area contributed by atoms with Crippen LogP contribution in [0, 0.1) is 29.1 Å². The lowest BCUT2D eigenvalue weighted by molar-refractivity contribution is -0.0503. The van der Waals surface area contributed by atoms with E-state index < -0.39 is 0 Å². The number of hydrogen-bond acceptors (Lipinski definition) is 3. The molecule has 0 spiro atoms. The number of halogens is 2. The number of hydrogen-bond donors (Lipinski definition) is 2. The predicted octanol–water partition coefficient (Wildman–Crippen LogP) is 5.48. The number of piperidine rings is 1. The molecule has 6 heteroatoms. The van der Waals surface area contributed by atoms with Gasteiger partial charge >= 0.3 is 0 Å². The van der Waals surface area contributed by atoms with Crippen molar-refractivity contribution >= 4 is 29.9 Å². The summed E-state index contributed by atoms with van der Waals surface area (Å²) in [6.07, 6.45) is 11.7. The molecule has 4 aliphatic carbocycles. The van der Waals surface area contributed by atoms with Crippen LogP contribution in [-0.4, -0.2) is 32.1 Å². The molecule has 4 saturated carbocycles. The summed E-state index contributed by atoms with van der Waals surface area (Å²) in [4.78, 5) is 13.0. The zero-order chi connectivity index (χ0) is 20.6. The van der Waals surface area contributed by atoms with Gasteiger partial charge in [-0.1, -0.05) is 11.6 Å². The first-order valence-corrected chi connectivity index (χ1v) is 12.4. The summed E-state index contributed by atoms with van der Waals surface area (Å²) in [5, 5.41) is 7.15. The molecule has 172 valence electrons. The summed E-state index contributed by atoms with van der Waals surface area (Å²) in [6.45, 7) is 3.71. The van der Waals surface area contributed by atoms with Crippen LogP contribution in [0.2, 0.25) is 5.02 Å². The van der Waals surface area contributed by atoms with Crippen LogP contribution >= 0.6 is 24.0 Å². The standard InChI is InChI=1S/C25H35ClN2O2.ClH/c26-23-2-1-21(30-8-5-17-3-6-27-7-4-17)12-22(23)24(29)28-16-25-13-18-9-19(14-25)11-20(10-18)15-25;/h1-2,12,17-20,27H,3-11,13-16H2,(H,28,29);1H. The van der Waals surface area contributed by atoms with Crippen LogP contribution in [0.1, 0.15) is 68.1 Å². The van der Waals surface area contributed by atoms with Gasteiger partial charge in [0.1, 0.15) is 5.75 Å². The SMILES string of the molecule is Cl.O=C(NCC12CC3CC(CC(C3)C1)C2)c1cc(OCCC2CCNCC2)ccc1Cl. The van der Waals surface area contributed by atoms with Gasteiger partial charge in [0.05, 0.1) is 17.2 Å². The van der Waals surface area contributed by atoms with Crippen LogP contribution in [0.15, 0.2) is 18.2 Å². The third kappa shape index (κ3) is 5.34. The highest BCUT2D eigenvalue weighted by Gasteiger charge is 2.50. The smallest absolute Gasteiger partial charge is 0.252 e. The van der Waals surface area contributed by atoms with Crippen molar-refractivity contribution < 1.29 is 9.53 Å². The summed E-state index contributed by atoms with van der Waals surface area (Å²) in [5.74, 6) is 4.12. The number of nitrogens with one attached hydrogen (secondary N) is 2. The molecule has 31 heavy (non-hydrogen) atoms. The van der Waals surface area contributed by atoms with Gasteiger partial charge in [-0.2, -0.15) is 0 Å². The second-order valence-electron chi connectivity index (χ2n) is 10.6. The molecule has 1 aromatic carbocycles. The molecule has 6 rings (SSSR count). The Morgan fingerprint density at radius 1 is 1.10 bits per heavy atom. The van der Waals surface area contributed by atoms with Gasteiger partial charge in [-0.3, -0.25) is 4.79 Å². The van der Waals surface area contributed by atoms with E-state index in [1.165, 1.54) is 51.4 Å². The number of carbonyl (C=O) groups excluding carboxylic acids is 1. The van der Waals surface area contributed by atoms with Crippen molar-refractivity contribution in [3.8, 4) is 5.75 Å². The van der Waals surface area contributed by atoms with Gasteiger partial charge in [0.2, 0.25) is 0 Å². The van der Waals surface area contributed by atoms with E-state index in [2.05, 4.69) is 10.6 Å². The zero-order valence-corrected chi connectivity index (χ0v) is 19.9. The monoisotopic (exact) mass is 466 g/mol. The molecule has 0 aromatic heterocycles. The van der Waals surface area contributed by atoms with Crippen LogP contribution in [0.5, 0.6) is 5.75 Å². The lowest BCUT2D eigenvalue weighted by Gasteiger charge is -2.56. The second kappa shape index (κ2) is 9.89. The molecule has 5 fully saturated rings. The van der Waals surface area contributed by atoms with Crippen LogP contribution in [0.3, 0.4) is 0 Å². The lowest BCUT2D eigenvalue weighted by atomic mass is 9.49. The summed E-state index contributed by atoms with van der Waals surface area (Å²) in [6, 6.07) is 5.49. The van der Waals surface area contributed by atoms with Gasteiger partial charge in [0, 0.05) is 6.54 Å². The maximum atomic E-state index is 13.0. The number of ether oxygens (including phenoxy) is 1. The molecule has 1 heterocycles. The average molecular weight is 467 g/mol. The molecule has 2 N–H and O–H groups in total. The molecule has 4 bridgehead atoms. The van der Waals surface area contributed by atoms with Crippen molar-refractivity contribution in [2.24, 2.45) is 29.1 Å². The first-order chi connectivity index (χ1) is 14.6. The summed E-state index contributed by atoms with van der Waals surface area (Å²) < 4.78 is 5.97. The number of benzene rings is 1. The Kier molecular flexibility index (Phi) is 7.40. The zero-order valence-electron chi connectivity index (χ0n) is 18.3.